The van der Waals surface area contributed by atoms with Crippen LogP contribution in [0, 0.1) is 0 Å². The molecule has 6 N–H and O–H groups in total. The Hall–Kier alpha value is -5.40. The lowest BCUT2D eigenvalue weighted by Gasteiger charge is -2.30. The maximum Gasteiger partial charge on any atom is 0.314 e. The summed E-state index contributed by atoms with van der Waals surface area (Å²) in [5, 5.41) is 11.0. The summed E-state index contributed by atoms with van der Waals surface area (Å²) in [7, 11) is -7.48. The van der Waals surface area contributed by atoms with Crippen LogP contribution in [0.2, 0.25) is 0 Å². The number of rotatable bonds is 33. The van der Waals surface area contributed by atoms with Gasteiger partial charge in [0.2, 0.25) is 20.0 Å². The smallest absolute Gasteiger partial charge is 0.314 e. The molecule has 2 aliphatic carbocycles. The van der Waals surface area contributed by atoms with Gasteiger partial charge in [-0.1, -0.05) is 48.5 Å². The summed E-state index contributed by atoms with van der Waals surface area (Å²) >= 11 is 0. The Morgan fingerprint density at radius 2 is 0.782 bits per heavy atom. The van der Waals surface area contributed by atoms with Gasteiger partial charge < -0.3 is 49.7 Å². The number of hydrogen-bond acceptors (Lipinski definition) is 14. The van der Waals surface area contributed by atoms with Gasteiger partial charge in [-0.25, -0.2) is 35.9 Å². The van der Waals surface area contributed by atoms with E-state index in [4.69, 9.17) is 28.4 Å². The van der Waals surface area contributed by atoms with Crippen molar-refractivity contribution in [2.75, 3.05) is 118 Å². The van der Waals surface area contributed by atoms with Gasteiger partial charge in [0.1, 0.15) is 23.7 Å². The summed E-state index contributed by atoms with van der Waals surface area (Å²) in [6.45, 7) is 7.94. The van der Waals surface area contributed by atoms with Gasteiger partial charge in [0.25, 0.3) is 0 Å². The highest BCUT2D eigenvalue weighted by Crippen LogP contribution is 2.41. The summed E-state index contributed by atoms with van der Waals surface area (Å²) in [5.74, 6) is 1.26. The van der Waals surface area contributed by atoms with Gasteiger partial charge in [-0.2, -0.15) is 0 Å². The standard InChI is InChI=1S/C56H78N8O12S2/c65-55(59-25-33-71-37-39-73-35-27-61-77(67,68)47-19-15-45(16-20-47)75-53-49-13-3-1-11-43(49)41-51(53)63-29-7-8-30-63)57-23-5-6-24-58-56(66)60-26-34-72-38-40-74-36-28-62-78(69,70)48-21-17-46(18-22-48)76-54-50-14-4-2-12-44(50)42-52(54)64-31-9-10-32-64/h1-4,11-22,51-54,61-62H,5-10,23-42H2,(H2,57,59,65)(H2,58,60,66)/t51-,52-,53-,54-/m0/s1. The molecule has 0 aromatic heterocycles. The Labute approximate surface area is 460 Å². The number of unbranched alkanes of at least 4 members (excludes halogenated alkanes) is 1. The quantitative estimate of drug-likeness (QED) is 0.0356. The number of hydrogen-bond donors (Lipinski definition) is 6. The number of amides is 4. The van der Waals surface area contributed by atoms with E-state index in [2.05, 4.69) is 76.9 Å². The van der Waals surface area contributed by atoms with Gasteiger partial charge in [0.15, 0.2) is 0 Å². The molecule has 2 heterocycles. The fourth-order valence-electron chi connectivity index (χ4n) is 10.4. The molecule has 4 amide bonds. The highest BCUT2D eigenvalue weighted by atomic mass is 32.2. The summed E-state index contributed by atoms with van der Waals surface area (Å²) < 4.78 is 92.0. The van der Waals surface area contributed by atoms with Crippen LogP contribution in [0.4, 0.5) is 9.59 Å². The van der Waals surface area contributed by atoms with Gasteiger partial charge in [-0.05, 0) is 148 Å². The molecule has 0 saturated carbocycles. The largest absolute Gasteiger partial charge is 0.484 e. The highest BCUT2D eigenvalue weighted by Gasteiger charge is 2.40. The number of nitrogens with zero attached hydrogens (tertiary/aromatic N) is 2. The lowest BCUT2D eigenvalue weighted by Crippen LogP contribution is -2.39. The molecule has 4 aromatic rings. The Balaban J connectivity index is 0.562. The van der Waals surface area contributed by atoms with Crippen LogP contribution < -0.4 is 40.2 Å². The molecule has 2 aliphatic heterocycles. The first-order valence-electron chi connectivity index (χ1n) is 27.5. The molecule has 4 aromatic carbocycles. The number of sulfonamides is 2. The molecule has 0 bridgehead atoms. The molecule has 426 valence electrons. The van der Waals surface area contributed by atoms with Crippen LogP contribution in [-0.4, -0.2) is 169 Å². The predicted octanol–water partition coefficient (Wildman–Crippen LogP) is 4.67. The van der Waals surface area contributed by atoms with E-state index in [1.807, 2.05) is 12.1 Å². The minimum atomic E-state index is -3.74. The molecule has 0 radical (unpaired) electrons. The van der Waals surface area contributed by atoms with Crippen LogP contribution in [0.1, 0.15) is 73.0 Å². The van der Waals surface area contributed by atoms with E-state index in [1.165, 1.54) is 47.9 Å². The molecule has 22 heteroatoms. The van der Waals surface area contributed by atoms with Crippen molar-refractivity contribution in [2.45, 2.75) is 85.4 Å². The van der Waals surface area contributed by atoms with E-state index in [-0.39, 0.29) is 112 Å². The van der Waals surface area contributed by atoms with Crippen molar-refractivity contribution in [3.63, 3.8) is 0 Å². The van der Waals surface area contributed by atoms with Gasteiger partial charge in [0.05, 0.1) is 74.7 Å². The van der Waals surface area contributed by atoms with E-state index in [0.29, 0.717) is 50.5 Å². The number of urea groups is 2. The molecule has 20 nitrogen and oxygen atoms in total. The van der Waals surface area contributed by atoms with Crippen molar-refractivity contribution in [3.05, 3.63) is 119 Å². The third-order valence-corrected chi connectivity index (χ3v) is 17.3. The van der Waals surface area contributed by atoms with Crippen molar-refractivity contribution < 1.29 is 54.8 Å². The second-order valence-corrected chi connectivity index (χ2v) is 23.3. The number of ether oxygens (including phenoxy) is 6. The van der Waals surface area contributed by atoms with E-state index < -0.39 is 20.0 Å². The number of carbonyl (C=O) groups excluding carboxylic acids is 2. The Morgan fingerprint density at radius 1 is 0.436 bits per heavy atom. The molecular weight excluding hydrogens is 1040 g/mol. The minimum Gasteiger partial charge on any atom is -0.484 e. The molecule has 4 atom stereocenters. The molecule has 0 spiro atoms. The summed E-state index contributed by atoms with van der Waals surface area (Å²) in [4.78, 5) is 29.5. The van der Waals surface area contributed by atoms with Crippen LogP contribution in [-0.2, 0) is 51.8 Å². The number of likely N-dealkylation sites (tertiary alicyclic amines) is 2. The minimum absolute atomic E-state index is 0.0990. The lowest BCUT2D eigenvalue weighted by atomic mass is 10.1. The van der Waals surface area contributed by atoms with Gasteiger partial charge >= 0.3 is 12.1 Å². The van der Waals surface area contributed by atoms with Crippen molar-refractivity contribution in [1.82, 2.24) is 40.5 Å². The third-order valence-electron chi connectivity index (χ3n) is 14.4. The predicted molar refractivity (Wildman–Crippen MR) is 295 cm³/mol. The highest BCUT2D eigenvalue weighted by molar-refractivity contribution is 7.89. The average molecular weight is 1120 g/mol. The maximum absolute atomic E-state index is 12.9. The lowest BCUT2D eigenvalue weighted by molar-refractivity contribution is 0.0516. The number of nitrogens with one attached hydrogen (secondary N) is 6. The van der Waals surface area contributed by atoms with Crippen molar-refractivity contribution >= 4 is 32.1 Å². The second-order valence-electron chi connectivity index (χ2n) is 19.8. The molecule has 2 fully saturated rings. The average Bonchev–Trinajstić information content (AvgIpc) is 4.40. The first-order valence-corrected chi connectivity index (χ1v) is 30.5. The Kier molecular flexibility index (Phi) is 22.8. The van der Waals surface area contributed by atoms with Gasteiger partial charge in [-0.15, -0.1) is 0 Å². The maximum atomic E-state index is 12.9. The zero-order valence-corrected chi connectivity index (χ0v) is 46.2. The van der Waals surface area contributed by atoms with Crippen molar-refractivity contribution in [1.29, 1.82) is 0 Å². The molecular formula is C56H78N8O12S2. The molecule has 2 saturated heterocycles. The van der Waals surface area contributed by atoms with Crippen LogP contribution in [0.25, 0.3) is 0 Å². The van der Waals surface area contributed by atoms with Crippen LogP contribution in [0.15, 0.2) is 107 Å². The van der Waals surface area contributed by atoms with Crippen LogP contribution >= 0.6 is 0 Å². The zero-order chi connectivity index (χ0) is 54.4. The fourth-order valence-corrected chi connectivity index (χ4v) is 12.4. The van der Waals surface area contributed by atoms with E-state index in [0.717, 1.165) is 39.0 Å². The number of fused-ring (bicyclic) bond motifs is 2. The first-order chi connectivity index (χ1) is 38.0. The molecule has 78 heavy (non-hydrogen) atoms. The summed E-state index contributed by atoms with van der Waals surface area (Å²) in [5.41, 5.74) is 5.00. The third kappa shape index (κ3) is 17.5. The topological polar surface area (TPSA) is 236 Å². The Bertz CT molecular complexity index is 2530. The van der Waals surface area contributed by atoms with Crippen LogP contribution in [0.3, 0.4) is 0 Å². The monoisotopic (exact) mass is 1120 g/mol. The molecule has 8 rings (SSSR count). The first kappa shape index (κ1) is 58.7. The van der Waals surface area contributed by atoms with E-state index in [1.54, 1.807) is 48.5 Å². The van der Waals surface area contributed by atoms with Crippen molar-refractivity contribution in [3.8, 4) is 11.5 Å². The van der Waals surface area contributed by atoms with Crippen LogP contribution in [0.5, 0.6) is 11.5 Å². The van der Waals surface area contributed by atoms with E-state index in [9.17, 15) is 26.4 Å². The molecule has 0 unspecified atom stereocenters. The van der Waals surface area contributed by atoms with Gasteiger partial charge in [0, 0.05) is 39.3 Å². The van der Waals surface area contributed by atoms with Gasteiger partial charge in [-0.3, -0.25) is 9.80 Å². The number of benzene rings is 4. The summed E-state index contributed by atoms with van der Waals surface area (Å²) in [6, 6.07) is 29.8. The Morgan fingerprint density at radius 3 is 1.17 bits per heavy atom. The van der Waals surface area contributed by atoms with E-state index >= 15 is 0 Å². The summed E-state index contributed by atoms with van der Waals surface area (Å²) in [6.07, 6.45) is 7.80. The number of carbonyl (C=O) groups is 2. The normalized spacial score (nSPS) is 19.3. The molecule has 4 aliphatic rings. The van der Waals surface area contributed by atoms with Crippen molar-refractivity contribution in [2.24, 2.45) is 0 Å². The zero-order valence-electron chi connectivity index (χ0n) is 44.5. The second kappa shape index (κ2) is 30.3. The fraction of sp³-hybridized carbons (Fsp3) is 0.536. The SMILES string of the molecule is O=C(NCCCCNC(=O)NCCOCCOCCNS(=O)(=O)c1ccc(O[C@H]2c3ccccc3C[C@@H]2N2CCCC2)cc1)NCCOCCOCCNS(=O)(=O)c1ccc(O[C@H]2c3ccccc3C[C@@H]2N2CCCC2)cc1.